The Morgan fingerprint density at radius 1 is 0.848 bits per heavy atom. The largest absolute Gasteiger partial charge is 0.461 e. The van der Waals surface area contributed by atoms with Crippen molar-refractivity contribution in [3.63, 3.8) is 0 Å². The zero-order valence-corrected chi connectivity index (χ0v) is 19.2. The molecule has 0 saturated heterocycles. The van der Waals surface area contributed by atoms with Gasteiger partial charge in [0.2, 0.25) is 0 Å². The first-order valence-electron chi connectivity index (χ1n) is 11.2. The van der Waals surface area contributed by atoms with Gasteiger partial charge in [0.1, 0.15) is 13.0 Å². The Morgan fingerprint density at radius 2 is 1.27 bits per heavy atom. The van der Waals surface area contributed by atoms with E-state index < -0.39 is 17.6 Å². The standard InChI is InChI=1S/C29H31NO3/c1-4-20-33-27(32)21-26(31)28(22(2)3)30-29(23-14-8-5-9-15-23,24-16-10-6-11-17-24)25-18-12-7-13-19-25/h4-19,22,28,30H,1,20-21H2,2-3H3/t28-/m0/s1. The van der Waals surface area contributed by atoms with Gasteiger partial charge in [-0.25, -0.2) is 0 Å². The van der Waals surface area contributed by atoms with Gasteiger partial charge in [-0.2, -0.15) is 0 Å². The summed E-state index contributed by atoms with van der Waals surface area (Å²) in [4.78, 5) is 25.5. The lowest BCUT2D eigenvalue weighted by atomic mass is 9.75. The quantitative estimate of drug-likeness (QED) is 0.190. The normalized spacial score (nSPS) is 12.2. The maximum absolute atomic E-state index is 13.3. The van der Waals surface area contributed by atoms with Gasteiger partial charge in [-0.15, -0.1) is 0 Å². The topological polar surface area (TPSA) is 55.4 Å². The molecule has 0 radical (unpaired) electrons. The fraction of sp³-hybridized carbons (Fsp3) is 0.241. The molecule has 0 aliphatic carbocycles. The molecule has 0 saturated carbocycles. The molecule has 33 heavy (non-hydrogen) atoms. The first-order valence-corrected chi connectivity index (χ1v) is 11.2. The average Bonchev–Trinajstić information content (AvgIpc) is 2.85. The Hall–Kier alpha value is -3.50. The first-order chi connectivity index (χ1) is 16.0. The van der Waals surface area contributed by atoms with Gasteiger partial charge < -0.3 is 4.74 Å². The minimum atomic E-state index is -0.792. The van der Waals surface area contributed by atoms with Gasteiger partial charge in [0.15, 0.2) is 5.78 Å². The van der Waals surface area contributed by atoms with Gasteiger partial charge >= 0.3 is 5.97 Å². The molecule has 0 amide bonds. The summed E-state index contributed by atoms with van der Waals surface area (Å²) in [6.45, 7) is 7.61. The highest BCUT2D eigenvalue weighted by Gasteiger charge is 2.40. The van der Waals surface area contributed by atoms with E-state index in [9.17, 15) is 9.59 Å². The van der Waals surface area contributed by atoms with Crippen LogP contribution in [0.5, 0.6) is 0 Å². The van der Waals surface area contributed by atoms with Gasteiger partial charge in [0.25, 0.3) is 0 Å². The van der Waals surface area contributed by atoms with Crippen molar-refractivity contribution in [2.75, 3.05) is 6.61 Å². The molecule has 0 fully saturated rings. The molecule has 3 aromatic carbocycles. The predicted molar refractivity (Wildman–Crippen MR) is 132 cm³/mol. The number of Topliss-reactive ketones (excluding diaryl/α,β-unsaturated/α-hetero) is 1. The van der Waals surface area contributed by atoms with Crippen LogP contribution < -0.4 is 5.32 Å². The van der Waals surface area contributed by atoms with Crippen LogP contribution in [-0.2, 0) is 19.9 Å². The Labute approximate surface area is 196 Å². The van der Waals surface area contributed by atoms with E-state index in [-0.39, 0.29) is 24.7 Å². The van der Waals surface area contributed by atoms with Crippen molar-refractivity contribution in [3.8, 4) is 0 Å². The van der Waals surface area contributed by atoms with E-state index in [4.69, 9.17) is 4.74 Å². The molecule has 4 nitrogen and oxygen atoms in total. The molecule has 0 bridgehead atoms. The number of rotatable bonds is 11. The van der Waals surface area contributed by atoms with Crippen LogP contribution in [0.25, 0.3) is 0 Å². The minimum absolute atomic E-state index is 0.0554. The fourth-order valence-electron chi connectivity index (χ4n) is 4.12. The Bertz CT molecular complexity index is 949. The molecule has 3 rings (SSSR count). The number of hydrogen-bond donors (Lipinski definition) is 1. The lowest BCUT2D eigenvalue weighted by molar-refractivity contribution is -0.145. The fourth-order valence-corrected chi connectivity index (χ4v) is 4.12. The van der Waals surface area contributed by atoms with E-state index in [0.29, 0.717) is 0 Å². The maximum Gasteiger partial charge on any atom is 0.313 e. The molecule has 3 aromatic rings. The molecule has 4 heteroatoms. The summed E-state index contributed by atoms with van der Waals surface area (Å²) in [5.74, 6) is -0.802. The second-order valence-electron chi connectivity index (χ2n) is 8.33. The number of ether oxygens (including phenoxy) is 1. The monoisotopic (exact) mass is 441 g/mol. The van der Waals surface area contributed by atoms with Gasteiger partial charge in [0, 0.05) is 0 Å². The van der Waals surface area contributed by atoms with Crippen LogP contribution in [0.1, 0.15) is 37.0 Å². The van der Waals surface area contributed by atoms with Gasteiger partial charge in [0.05, 0.1) is 11.6 Å². The molecule has 0 aromatic heterocycles. The second kappa shape index (κ2) is 11.4. The molecule has 1 atom stereocenters. The Balaban J connectivity index is 2.13. The van der Waals surface area contributed by atoms with Crippen LogP contribution in [0, 0.1) is 5.92 Å². The van der Waals surface area contributed by atoms with Gasteiger partial charge in [-0.3, -0.25) is 14.9 Å². The van der Waals surface area contributed by atoms with Crippen molar-refractivity contribution in [3.05, 3.63) is 120 Å². The third-order valence-corrected chi connectivity index (χ3v) is 5.69. The predicted octanol–water partition coefficient (Wildman–Crippen LogP) is 5.28. The van der Waals surface area contributed by atoms with E-state index in [0.717, 1.165) is 16.7 Å². The summed E-state index contributed by atoms with van der Waals surface area (Å²) in [5.41, 5.74) is 2.24. The van der Waals surface area contributed by atoms with Crippen LogP contribution in [-0.4, -0.2) is 24.4 Å². The molecule has 0 heterocycles. The number of carbonyl (C=O) groups is 2. The van der Waals surface area contributed by atoms with E-state index in [1.54, 1.807) is 0 Å². The first kappa shape index (κ1) is 24.1. The van der Waals surface area contributed by atoms with Crippen molar-refractivity contribution in [2.45, 2.75) is 31.8 Å². The number of esters is 1. The third kappa shape index (κ3) is 5.65. The summed E-state index contributed by atoms with van der Waals surface area (Å²) >= 11 is 0. The van der Waals surface area contributed by atoms with E-state index in [2.05, 4.69) is 48.3 Å². The number of benzene rings is 3. The zero-order chi connectivity index (χ0) is 23.7. The van der Waals surface area contributed by atoms with Crippen LogP contribution in [0.2, 0.25) is 0 Å². The summed E-state index contributed by atoms with van der Waals surface area (Å²) in [5, 5.41) is 3.70. The van der Waals surface area contributed by atoms with E-state index in [1.165, 1.54) is 6.08 Å². The Morgan fingerprint density at radius 3 is 1.64 bits per heavy atom. The van der Waals surface area contributed by atoms with Crippen molar-refractivity contribution in [1.29, 1.82) is 0 Å². The highest BCUT2D eigenvalue weighted by molar-refractivity contribution is 5.98. The molecular formula is C29H31NO3. The number of nitrogens with one attached hydrogen (secondary N) is 1. The molecule has 1 N–H and O–H groups in total. The molecule has 0 spiro atoms. The highest BCUT2D eigenvalue weighted by Crippen LogP contribution is 2.38. The zero-order valence-electron chi connectivity index (χ0n) is 19.2. The third-order valence-electron chi connectivity index (χ3n) is 5.69. The van der Waals surface area contributed by atoms with Gasteiger partial charge in [-0.1, -0.05) is 117 Å². The maximum atomic E-state index is 13.3. The molecule has 170 valence electrons. The molecule has 0 aliphatic heterocycles. The van der Waals surface area contributed by atoms with Crippen LogP contribution in [0.3, 0.4) is 0 Å². The van der Waals surface area contributed by atoms with Crippen molar-refractivity contribution < 1.29 is 14.3 Å². The summed E-state index contributed by atoms with van der Waals surface area (Å²) in [6.07, 6.45) is 1.20. The SMILES string of the molecule is C=CCOC(=O)CC(=O)[C@@H](NC(c1ccccc1)(c1ccccc1)c1ccccc1)C(C)C. The van der Waals surface area contributed by atoms with Crippen LogP contribution >= 0.6 is 0 Å². The van der Waals surface area contributed by atoms with Crippen LogP contribution in [0.15, 0.2) is 104 Å². The minimum Gasteiger partial charge on any atom is -0.461 e. The molecule has 0 aliphatic rings. The number of carbonyl (C=O) groups excluding carboxylic acids is 2. The highest BCUT2D eigenvalue weighted by atomic mass is 16.5. The van der Waals surface area contributed by atoms with Crippen molar-refractivity contribution in [2.24, 2.45) is 5.92 Å². The van der Waals surface area contributed by atoms with E-state index in [1.807, 2.05) is 68.4 Å². The number of ketones is 1. The van der Waals surface area contributed by atoms with Crippen molar-refractivity contribution in [1.82, 2.24) is 5.32 Å². The lowest BCUT2D eigenvalue weighted by Crippen LogP contribution is -2.54. The smallest absolute Gasteiger partial charge is 0.313 e. The van der Waals surface area contributed by atoms with Crippen LogP contribution in [0.4, 0.5) is 0 Å². The number of hydrogen-bond acceptors (Lipinski definition) is 4. The Kier molecular flexibility index (Phi) is 8.34. The van der Waals surface area contributed by atoms with Crippen molar-refractivity contribution >= 4 is 11.8 Å². The second-order valence-corrected chi connectivity index (χ2v) is 8.33. The summed E-state index contributed by atoms with van der Waals surface area (Å²) in [7, 11) is 0. The summed E-state index contributed by atoms with van der Waals surface area (Å²) in [6, 6.07) is 29.7. The molecule has 0 unspecified atom stereocenters. The lowest BCUT2D eigenvalue weighted by Gasteiger charge is -2.41. The summed E-state index contributed by atoms with van der Waals surface area (Å²) < 4.78 is 5.07. The molecular weight excluding hydrogens is 410 g/mol. The average molecular weight is 442 g/mol. The van der Waals surface area contributed by atoms with E-state index >= 15 is 0 Å². The van der Waals surface area contributed by atoms with Gasteiger partial charge in [-0.05, 0) is 22.6 Å².